The van der Waals surface area contributed by atoms with E-state index in [0.29, 0.717) is 5.92 Å². The molecule has 1 N–H and O–H groups in total. The fourth-order valence-corrected chi connectivity index (χ4v) is 3.89. The van der Waals surface area contributed by atoms with E-state index in [1.165, 1.54) is 31.4 Å². The van der Waals surface area contributed by atoms with Gasteiger partial charge in [0.05, 0.1) is 11.7 Å². The van der Waals surface area contributed by atoms with Gasteiger partial charge in [0, 0.05) is 6.61 Å². The molecule has 1 heterocycles. The van der Waals surface area contributed by atoms with E-state index >= 15 is 0 Å². The van der Waals surface area contributed by atoms with E-state index in [-0.39, 0.29) is 11.7 Å². The molecule has 2 rings (SSSR count). The molecule has 0 aromatic heterocycles. The topological polar surface area (TPSA) is 29.5 Å². The highest BCUT2D eigenvalue weighted by molar-refractivity contribution is 7.98. The lowest BCUT2D eigenvalue weighted by molar-refractivity contribution is -0.113. The SMILES string of the molecule is CSCCCC(O)C1CCOC2(CCCC2)C1. The van der Waals surface area contributed by atoms with Gasteiger partial charge in [0.15, 0.2) is 0 Å². The van der Waals surface area contributed by atoms with Crippen LogP contribution >= 0.6 is 11.8 Å². The minimum atomic E-state index is -0.0940. The van der Waals surface area contributed by atoms with Crippen LogP contribution < -0.4 is 0 Å². The minimum Gasteiger partial charge on any atom is -0.393 e. The molecule has 2 fully saturated rings. The first kappa shape index (κ1) is 13.7. The molecule has 3 heteroatoms. The van der Waals surface area contributed by atoms with Crippen molar-refractivity contribution >= 4 is 11.8 Å². The maximum atomic E-state index is 10.3. The number of ether oxygens (including phenoxy) is 1. The summed E-state index contributed by atoms with van der Waals surface area (Å²) in [6.07, 6.45) is 11.4. The van der Waals surface area contributed by atoms with Crippen molar-refractivity contribution in [2.45, 2.75) is 63.1 Å². The zero-order chi connectivity index (χ0) is 12.1. The molecule has 1 saturated carbocycles. The molecule has 2 unspecified atom stereocenters. The normalized spacial score (nSPS) is 29.6. The van der Waals surface area contributed by atoms with Crippen LogP contribution in [0.25, 0.3) is 0 Å². The smallest absolute Gasteiger partial charge is 0.0686 e. The Kier molecular flexibility index (Phi) is 5.19. The first-order valence-electron chi connectivity index (χ1n) is 7.07. The molecule has 2 nitrogen and oxygen atoms in total. The molecule has 1 spiro atoms. The lowest BCUT2D eigenvalue weighted by Crippen LogP contribution is -2.41. The second kappa shape index (κ2) is 6.44. The Balaban J connectivity index is 1.79. The molecule has 0 bridgehead atoms. The van der Waals surface area contributed by atoms with Crippen LogP contribution in [-0.4, -0.2) is 35.4 Å². The number of hydrogen-bond donors (Lipinski definition) is 1. The summed E-state index contributed by atoms with van der Waals surface area (Å²) in [5, 5.41) is 10.3. The Morgan fingerprint density at radius 3 is 2.88 bits per heavy atom. The van der Waals surface area contributed by atoms with Crippen LogP contribution in [0.4, 0.5) is 0 Å². The highest BCUT2D eigenvalue weighted by Gasteiger charge is 2.41. The Labute approximate surface area is 110 Å². The van der Waals surface area contributed by atoms with Crippen molar-refractivity contribution in [3.05, 3.63) is 0 Å². The van der Waals surface area contributed by atoms with Gasteiger partial charge in [0.2, 0.25) is 0 Å². The molecule has 0 aromatic rings. The van der Waals surface area contributed by atoms with Crippen molar-refractivity contribution in [2.75, 3.05) is 18.6 Å². The van der Waals surface area contributed by atoms with Crippen molar-refractivity contribution in [2.24, 2.45) is 5.92 Å². The lowest BCUT2D eigenvalue weighted by atomic mass is 9.80. The van der Waals surface area contributed by atoms with E-state index in [1.807, 2.05) is 11.8 Å². The summed E-state index contributed by atoms with van der Waals surface area (Å²) in [6.45, 7) is 0.865. The summed E-state index contributed by atoms with van der Waals surface area (Å²) in [4.78, 5) is 0. The van der Waals surface area contributed by atoms with Gasteiger partial charge in [-0.2, -0.15) is 11.8 Å². The number of hydrogen-bond acceptors (Lipinski definition) is 3. The van der Waals surface area contributed by atoms with Crippen molar-refractivity contribution in [3.8, 4) is 0 Å². The summed E-state index contributed by atoms with van der Waals surface area (Å²) in [6, 6.07) is 0. The molecule has 1 saturated heterocycles. The largest absolute Gasteiger partial charge is 0.393 e. The first-order chi connectivity index (χ1) is 8.26. The van der Waals surface area contributed by atoms with Crippen LogP contribution in [0.3, 0.4) is 0 Å². The zero-order valence-electron chi connectivity index (χ0n) is 11.0. The quantitative estimate of drug-likeness (QED) is 0.768. The fraction of sp³-hybridized carbons (Fsp3) is 1.00. The molecule has 17 heavy (non-hydrogen) atoms. The third-order valence-electron chi connectivity index (χ3n) is 4.44. The third kappa shape index (κ3) is 3.62. The average Bonchev–Trinajstić information content (AvgIpc) is 2.77. The number of thioether (sulfide) groups is 1. The second-order valence-corrected chi connectivity index (χ2v) is 6.68. The van der Waals surface area contributed by atoms with Gasteiger partial charge in [0.25, 0.3) is 0 Å². The molecular formula is C14H26O2S. The van der Waals surface area contributed by atoms with Crippen molar-refractivity contribution in [3.63, 3.8) is 0 Å². The summed E-state index contributed by atoms with van der Waals surface area (Å²) in [5.74, 6) is 1.66. The van der Waals surface area contributed by atoms with E-state index in [9.17, 15) is 5.11 Å². The maximum Gasteiger partial charge on any atom is 0.0686 e. The molecule has 1 aliphatic carbocycles. The standard InChI is InChI=1S/C14H26O2S/c1-17-10-4-5-13(15)12-6-9-16-14(11-12)7-2-3-8-14/h12-13,15H,2-11H2,1H3. The monoisotopic (exact) mass is 258 g/mol. The van der Waals surface area contributed by atoms with Crippen LogP contribution in [0, 0.1) is 5.92 Å². The van der Waals surface area contributed by atoms with Gasteiger partial charge < -0.3 is 9.84 Å². The summed E-state index contributed by atoms with van der Waals surface area (Å²) < 4.78 is 6.02. The Morgan fingerprint density at radius 1 is 1.41 bits per heavy atom. The highest BCUT2D eigenvalue weighted by Crippen LogP contribution is 2.43. The van der Waals surface area contributed by atoms with Crippen molar-refractivity contribution in [1.82, 2.24) is 0 Å². The number of aliphatic hydroxyl groups excluding tert-OH is 1. The summed E-state index contributed by atoms with van der Waals surface area (Å²) in [5.41, 5.74) is 0.156. The predicted octanol–water partition coefficient (Wildman–Crippen LogP) is 3.23. The van der Waals surface area contributed by atoms with E-state index in [2.05, 4.69) is 6.26 Å². The molecular weight excluding hydrogens is 232 g/mol. The van der Waals surface area contributed by atoms with Crippen LogP contribution in [-0.2, 0) is 4.74 Å². The van der Waals surface area contributed by atoms with Crippen molar-refractivity contribution in [1.29, 1.82) is 0 Å². The van der Waals surface area contributed by atoms with Crippen LogP contribution in [0.1, 0.15) is 51.4 Å². The van der Waals surface area contributed by atoms with Gasteiger partial charge >= 0.3 is 0 Å². The lowest BCUT2D eigenvalue weighted by Gasteiger charge is -2.40. The van der Waals surface area contributed by atoms with Crippen molar-refractivity contribution < 1.29 is 9.84 Å². The van der Waals surface area contributed by atoms with Gasteiger partial charge in [0.1, 0.15) is 0 Å². The van der Waals surface area contributed by atoms with E-state index in [0.717, 1.165) is 32.3 Å². The average molecular weight is 258 g/mol. The predicted molar refractivity (Wildman–Crippen MR) is 73.5 cm³/mol. The Hall–Kier alpha value is 0.270. The van der Waals surface area contributed by atoms with Gasteiger partial charge in [-0.25, -0.2) is 0 Å². The zero-order valence-corrected chi connectivity index (χ0v) is 11.8. The Morgan fingerprint density at radius 2 is 2.18 bits per heavy atom. The summed E-state index contributed by atoms with van der Waals surface area (Å²) in [7, 11) is 0. The number of rotatable bonds is 5. The molecule has 0 aromatic carbocycles. The molecule has 0 amide bonds. The number of aliphatic hydroxyl groups is 1. The van der Waals surface area contributed by atoms with E-state index in [1.54, 1.807) is 0 Å². The van der Waals surface area contributed by atoms with Crippen LogP contribution in [0.2, 0.25) is 0 Å². The van der Waals surface area contributed by atoms with E-state index < -0.39 is 0 Å². The molecule has 100 valence electrons. The molecule has 2 atom stereocenters. The van der Waals surface area contributed by atoms with E-state index in [4.69, 9.17) is 4.74 Å². The van der Waals surface area contributed by atoms with Gasteiger partial charge in [-0.15, -0.1) is 0 Å². The molecule has 1 aliphatic heterocycles. The van der Waals surface area contributed by atoms with Crippen LogP contribution in [0.15, 0.2) is 0 Å². The highest BCUT2D eigenvalue weighted by atomic mass is 32.2. The van der Waals surface area contributed by atoms with Gasteiger partial charge in [-0.05, 0) is 56.5 Å². The first-order valence-corrected chi connectivity index (χ1v) is 8.46. The fourth-order valence-electron chi connectivity index (χ4n) is 3.43. The Bertz CT molecular complexity index is 226. The maximum absolute atomic E-state index is 10.3. The third-order valence-corrected chi connectivity index (χ3v) is 5.14. The summed E-state index contributed by atoms with van der Waals surface area (Å²) >= 11 is 1.87. The van der Waals surface area contributed by atoms with Gasteiger partial charge in [-0.3, -0.25) is 0 Å². The van der Waals surface area contributed by atoms with Crippen LogP contribution in [0.5, 0.6) is 0 Å². The second-order valence-electron chi connectivity index (χ2n) is 5.69. The minimum absolute atomic E-state index is 0.0940. The van der Waals surface area contributed by atoms with Gasteiger partial charge in [-0.1, -0.05) is 12.8 Å². The molecule has 2 aliphatic rings. The molecule has 0 radical (unpaired) electrons.